The minimum Gasteiger partial charge on any atom is -0.358 e. The molecule has 1 heterocycles. The number of pyridine rings is 1. The summed E-state index contributed by atoms with van der Waals surface area (Å²) in [6.07, 6.45) is 6.22. The summed E-state index contributed by atoms with van der Waals surface area (Å²) < 4.78 is 0. The third-order valence-electron chi connectivity index (χ3n) is 2.94. The highest BCUT2D eigenvalue weighted by molar-refractivity contribution is 7.80. The molecule has 2 N–H and O–H groups in total. The molecule has 8 heteroatoms. The number of benzene rings is 1. The van der Waals surface area contributed by atoms with E-state index in [2.05, 4.69) is 15.6 Å². The smallest absolute Gasteiger partial charge is 0.269 e. The predicted molar refractivity (Wildman–Crippen MR) is 93.9 cm³/mol. The molecule has 0 saturated heterocycles. The van der Waals surface area contributed by atoms with Crippen molar-refractivity contribution in [2.75, 3.05) is 0 Å². The molecule has 7 nitrogen and oxygen atoms in total. The van der Waals surface area contributed by atoms with Crippen LogP contribution >= 0.6 is 12.2 Å². The van der Waals surface area contributed by atoms with Gasteiger partial charge in [0.25, 0.3) is 5.69 Å². The van der Waals surface area contributed by atoms with E-state index in [1.807, 2.05) is 12.1 Å². The zero-order chi connectivity index (χ0) is 17.4. The molecule has 0 aliphatic heterocycles. The van der Waals surface area contributed by atoms with Crippen molar-refractivity contribution in [1.82, 2.24) is 15.6 Å². The molecule has 0 radical (unpaired) electrons. The van der Waals surface area contributed by atoms with Gasteiger partial charge in [-0.2, -0.15) is 0 Å². The largest absolute Gasteiger partial charge is 0.358 e. The van der Waals surface area contributed by atoms with E-state index < -0.39 is 10.8 Å². The van der Waals surface area contributed by atoms with Crippen molar-refractivity contribution >= 4 is 35.0 Å². The second-order valence-corrected chi connectivity index (χ2v) is 5.12. The minimum atomic E-state index is -0.480. The fourth-order valence-electron chi connectivity index (χ4n) is 1.76. The van der Waals surface area contributed by atoms with Crippen LogP contribution in [0.2, 0.25) is 0 Å². The number of carbonyl (C=O) groups is 1. The first kappa shape index (κ1) is 17.2. The van der Waals surface area contributed by atoms with Crippen LogP contribution in [0.1, 0.15) is 11.1 Å². The SMILES string of the molecule is O=C(/C=C/c1ccc([N+](=O)[O-])cc1)NC(=S)NCc1cccnc1. The minimum absolute atomic E-state index is 0.00242. The number of nitrogens with zero attached hydrogens (tertiary/aromatic N) is 2. The number of nitro benzene ring substituents is 1. The first-order chi connectivity index (χ1) is 11.5. The molecule has 0 aliphatic carbocycles. The van der Waals surface area contributed by atoms with E-state index in [9.17, 15) is 14.9 Å². The summed E-state index contributed by atoms with van der Waals surface area (Å²) in [4.78, 5) is 25.8. The number of amides is 1. The maximum atomic E-state index is 11.8. The Kier molecular flexibility index (Phi) is 6.09. The topological polar surface area (TPSA) is 97.2 Å². The third kappa shape index (κ3) is 5.58. The number of aromatic nitrogens is 1. The highest BCUT2D eigenvalue weighted by Crippen LogP contribution is 2.12. The van der Waals surface area contributed by atoms with Crippen molar-refractivity contribution in [3.05, 3.63) is 76.1 Å². The van der Waals surface area contributed by atoms with Gasteiger partial charge in [-0.05, 0) is 47.6 Å². The van der Waals surface area contributed by atoms with E-state index in [1.165, 1.54) is 18.2 Å². The number of non-ortho nitro benzene ring substituents is 1. The van der Waals surface area contributed by atoms with E-state index in [4.69, 9.17) is 12.2 Å². The Balaban J connectivity index is 1.81. The second kappa shape index (κ2) is 8.49. The Morgan fingerprint density at radius 2 is 2.04 bits per heavy atom. The van der Waals surface area contributed by atoms with Crippen molar-refractivity contribution in [3.8, 4) is 0 Å². The van der Waals surface area contributed by atoms with E-state index >= 15 is 0 Å². The summed E-state index contributed by atoms with van der Waals surface area (Å²) >= 11 is 5.03. The summed E-state index contributed by atoms with van der Waals surface area (Å²) in [6, 6.07) is 9.56. The zero-order valence-electron chi connectivity index (χ0n) is 12.5. The molecule has 24 heavy (non-hydrogen) atoms. The molecule has 0 aliphatic rings. The molecule has 0 bridgehead atoms. The molecule has 0 saturated carbocycles. The van der Waals surface area contributed by atoms with Gasteiger partial charge in [-0.3, -0.25) is 25.2 Å². The number of hydrogen-bond acceptors (Lipinski definition) is 5. The summed E-state index contributed by atoms with van der Waals surface area (Å²) in [5, 5.41) is 16.2. The quantitative estimate of drug-likeness (QED) is 0.374. The number of thiocarbonyl (C=S) groups is 1. The number of rotatable bonds is 5. The first-order valence-corrected chi connectivity index (χ1v) is 7.35. The van der Waals surface area contributed by atoms with Crippen LogP contribution in [0, 0.1) is 10.1 Å². The number of nitro groups is 1. The van der Waals surface area contributed by atoms with Crippen LogP contribution in [0.3, 0.4) is 0 Å². The normalized spacial score (nSPS) is 10.3. The number of carbonyl (C=O) groups excluding carboxylic acids is 1. The number of nitrogens with one attached hydrogen (secondary N) is 2. The van der Waals surface area contributed by atoms with Crippen LogP contribution < -0.4 is 10.6 Å². The molecular weight excluding hydrogens is 328 g/mol. The van der Waals surface area contributed by atoms with Crippen LogP contribution in [-0.2, 0) is 11.3 Å². The molecule has 1 amide bonds. The Morgan fingerprint density at radius 3 is 2.67 bits per heavy atom. The molecule has 0 fully saturated rings. The van der Waals surface area contributed by atoms with Gasteiger partial charge in [0.2, 0.25) is 5.91 Å². The lowest BCUT2D eigenvalue weighted by atomic mass is 10.2. The monoisotopic (exact) mass is 342 g/mol. The van der Waals surface area contributed by atoms with Crippen LogP contribution in [0.5, 0.6) is 0 Å². The Labute approximate surface area is 143 Å². The van der Waals surface area contributed by atoms with Gasteiger partial charge in [-0.15, -0.1) is 0 Å². The molecule has 122 valence electrons. The van der Waals surface area contributed by atoms with Gasteiger partial charge in [0.05, 0.1) is 4.92 Å². The fraction of sp³-hybridized carbons (Fsp3) is 0.0625. The highest BCUT2D eigenvalue weighted by Gasteiger charge is 2.03. The predicted octanol–water partition coefficient (Wildman–Crippen LogP) is 2.19. The molecule has 1 aromatic heterocycles. The lowest BCUT2D eigenvalue weighted by Gasteiger charge is -2.07. The van der Waals surface area contributed by atoms with Gasteiger partial charge in [0.15, 0.2) is 5.11 Å². The summed E-state index contributed by atoms with van der Waals surface area (Å²) in [7, 11) is 0. The van der Waals surface area contributed by atoms with Crippen LogP contribution in [-0.4, -0.2) is 20.9 Å². The fourth-order valence-corrected chi connectivity index (χ4v) is 1.93. The average Bonchev–Trinajstić information content (AvgIpc) is 2.59. The molecule has 0 spiro atoms. The van der Waals surface area contributed by atoms with Crippen molar-refractivity contribution < 1.29 is 9.72 Å². The Morgan fingerprint density at radius 1 is 1.29 bits per heavy atom. The van der Waals surface area contributed by atoms with E-state index in [-0.39, 0.29) is 10.8 Å². The second-order valence-electron chi connectivity index (χ2n) is 4.72. The van der Waals surface area contributed by atoms with Crippen molar-refractivity contribution in [1.29, 1.82) is 0 Å². The Bertz CT molecular complexity index is 761. The number of hydrogen-bond donors (Lipinski definition) is 2. The van der Waals surface area contributed by atoms with Crippen LogP contribution in [0.4, 0.5) is 5.69 Å². The summed E-state index contributed by atoms with van der Waals surface area (Å²) in [5.41, 5.74) is 1.61. The maximum Gasteiger partial charge on any atom is 0.269 e. The van der Waals surface area contributed by atoms with Gasteiger partial charge in [0.1, 0.15) is 0 Å². The molecule has 0 unspecified atom stereocenters. The van der Waals surface area contributed by atoms with E-state index in [0.29, 0.717) is 12.1 Å². The summed E-state index contributed by atoms with van der Waals surface area (Å²) in [6.45, 7) is 0.457. The van der Waals surface area contributed by atoms with Gasteiger partial charge in [0, 0.05) is 37.1 Å². The van der Waals surface area contributed by atoms with Crippen molar-refractivity contribution in [2.45, 2.75) is 6.54 Å². The van der Waals surface area contributed by atoms with Crippen molar-refractivity contribution in [3.63, 3.8) is 0 Å². The maximum absolute atomic E-state index is 11.8. The molecule has 1 aromatic carbocycles. The lowest BCUT2D eigenvalue weighted by Crippen LogP contribution is -2.37. The van der Waals surface area contributed by atoms with Gasteiger partial charge < -0.3 is 5.32 Å². The molecule has 0 atom stereocenters. The highest BCUT2D eigenvalue weighted by atomic mass is 32.1. The van der Waals surface area contributed by atoms with Gasteiger partial charge in [-0.25, -0.2) is 0 Å². The van der Waals surface area contributed by atoms with E-state index in [1.54, 1.807) is 30.6 Å². The third-order valence-corrected chi connectivity index (χ3v) is 3.19. The Hall–Kier alpha value is -3.13. The molecular formula is C16H14N4O3S. The van der Waals surface area contributed by atoms with Crippen molar-refractivity contribution in [2.24, 2.45) is 0 Å². The van der Waals surface area contributed by atoms with E-state index in [0.717, 1.165) is 5.56 Å². The zero-order valence-corrected chi connectivity index (χ0v) is 13.3. The average molecular weight is 342 g/mol. The standard InChI is InChI=1S/C16H14N4O3S/c21-15(8-5-12-3-6-14(7-4-12)20(22)23)19-16(24)18-11-13-2-1-9-17-10-13/h1-10H,11H2,(H2,18,19,21,24)/b8-5+. The van der Waals surface area contributed by atoms with Crippen LogP contribution in [0.25, 0.3) is 6.08 Å². The molecule has 2 aromatic rings. The summed E-state index contributed by atoms with van der Waals surface area (Å²) in [5.74, 6) is -0.392. The first-order valence-electron chi connectivity index (χ1n) is 6.95. The lowest BCUT2D eigenvalue weighted by molar-refractivity contribution is -0.384. The van der Waals surface area contributed by atoms with Crippen LogP contribution in [0.15, 0.2) is 54.9 Å². The van der Waals surface area contributed by atoms with Gasteiger partial charge in [-0.1, -0.05) is 6.07 Å². The van der Waals surface area contributed by atoms with Gasteiger partial charge >= 0.3 is 0 Å². The molecule has 2 rings (SSSR count).